The van der Waals surface area contributed by atoms with Crippen LogP contribution in [0.2, 0.25) is 5.02 Å². The molecule has 1 N–H and O–H groups in total. The zero-order valence-electron chi connectivity index (χ0n) is 15.9. The second-order valence-electron chi connectivity index (χ2n) is 7.50. The fourth-order valence-corrected chi connectivity index (χ4v) is 4.23. The summed E-state index contributed by atoms with van der Waals surface area (Å²) in [6, 6.07) is 13.4. The second kappa shape index (κ2) is 7.41. The fourth-order valence-electron chi connectivity index (χ4n) is 4.02. The van der Waals surface area contributed by atoms with Crippen molar-refractivity contribution in [2.24, 2.45) is 0 Å². The number of halogens is 1. The number of anilines is 1. The van der Waals surface area contributed by atoms with E-state index < -0.39 is 0 Å². The van der Waals surface area contributed by atoms with Gasteiger partial charge in [-0.15, -0.1) is 0 Å². The van der Waals surface area contributed by atoms with E-state index in [1.165, 1.54) is 12.8 Å². The van der Waals surface area contributed by atoms with Gasteiger partial charge in [0.2, 0.25) is 0 Å². The number of rotatable bonds is 4. The summed E-state index contributed by atoms with van der Waals surface area (Å²) in [4.78, 5) is 22.9. The Kier molecular flexibility index (Phi) is 4.60. The minimum Gasteiger partial charge on any atom is -0.370 e. The topological polar surface area (TPSA) is 53.9 Å². The van der Waals surface area contributed by atoms with Gasteiger partial charge in [0.15, 0.2) is 0 Å². The van der Waals surface area contributed by atoms with Crippen molar-refractivity contribution in [3.8, 4) is 11.1 Å². The van der Waals surface area contributed by atoms with Gasteiger partial charge in [-0.1, -0.05) is 23.7 Å². The Morgan fingerprint density at radius 2 is 1.97 bits per heavy atom. The Morgan fingerprint density at radius 3 is 2.76 bits per heavy atom. The van der Waals surface area contributed by atoms with Gasteiger partial charge in [-0.2, -0.15) is 0 Å². The molecule has 0 atom stereocenters. The third-order valence-electron chi connectivity index (χ3n) is 5.54. The summed E-state index contributed by atoms with van der Waals surface area (Å²) in [5.41, 5.74) is 4.83. The smallest absolute Gasteiger partial charge is 0.251 e. The molecular weight excluding hydrogens is 384 g/mol. The number of aromatic amines is 1. The lowest BCUT2D eigenvalue weighted by molar-refractivity contribution is 0.760. The van der Waals surface area contributed by atoms with E-state index in [-0.39, 0.29) is 5.56 Å². The Labute approximate surface area is 173 Å². The van der Waals surface area contributed by atoms with Gasteiger partial charge in [0.1, 0.15) is 5.65 Å². The number of benzene rings is 1. The van der Waals surface area contributed by atoms with Gasteiger partial charge in [-0.25, -0.2) is 4.98 Å². The van der Waals surface area contributed by atoms with Crippen molar-refractivity contribution in [2.45, 2.75) is 19.4 Å². The quantitative estimate of drug-likeness (QED) is 0.536. The van der Waals surface area contributed by atoms with Crippen molar-refractivity contribution < 1.29 is 0 Å². The van der Waals surface area contributed by atoms with E-state index in [1.807, 2.05) is 48.9 Å². The third-order valence-corrected chi connectivity index (χ3v) is 5.77. The molecule has 0 bridgehead atoms. The molecule has 6 heteroatoms. The summed E-state index contributed by atoms with van der Waals surface area (Å²) in [5, 5.41) is 1.72. The summed E-state index contributed by atoms with van der Waals surface area (Å²) in [5.74, 6) is 0. The van der Waals surface area contributed by atoms with Crippen LogP contribution in [0.1, 0.15) is 18.4 Å². The molecule has 4 aromatic rings. The largest absolute Gasteiger partial charge is 0.370 e. The Morgan fingerprint density at radius 1 is 1.10 bits per heavy atom. The molecule has 0 radical (unpaired) electrons. The van der Waals surface area contributed by atoms with E-state index >= 15 is 0 Å². The second-order valence-corrected chi connectivity index (χ2v) is 7.93. The van der Waals surface area contributed by atoms with E-state index in [0.717, 1.165) is 46.5 Å². The molecule has 0 unspecified atom stereocenters. The molecule has 4 heterocycles. The van der Waals surface area contributed by atoms with E-state index in [4.69, 9.17) is 11.6 Å². The first-order chi connectivity index (χ1) is 14.2. The molecule has 5 nitrogen and oxygen atoms in total. The first kappa shape index (κ1) is 18.0. The highest BCUT2D eigenvalue weighted by atomic mass is 35.5. The summed E-state index contributed by atoms with van der Waals surface area (Å²) in [6.45, 7) is 2.65. The van der Waals surface area contributed by atoms with Gasteiger partial charge in [0, 0.05) is 47.5 Å². The van der Waals surface area contributed by atoms with Crippen molar-refractivity contribution in [3.63, 3.8) is 0 Å². The van der Waals surface area contributed by atoms with Crippen LogP contribution in [-0.4, -0.2) is 27.6 Å². The number of pyridine rings is 2. The van der Waals surface area contributed by atoms with Crippen molar-refractivity contribution in [1.29, 1.82) is 0 Å². The SMILES string of the molecule is O=c1cc(-c2c[nH]c3ncc(N4CCCC4)cc23)ccn1Cc1cccc(Cl)c1. The molecule has 3 aromatic heterocycles. The van der Waals surface area contributed by atoms with Crippen molar-refractivity contribution in [2.75, 3.05) is 18.0 Å². The Balaban J connectivity index is 1.49. The van der Waals surface area contributed by atoms with Gasteiger partial charge >= 0.3 is 0 Å². The van der Waals surface area contributed by atoms with Crippen LogP contribution < -0.4 is 10.5 Å². The molecule has 1 aromatic carbocycles. The number of fused-ring (bicyclic) bond motifs is 1. The molecule has 0 spiro atoms. The van der Waals surface area contributed by atoms with Crippen LogP contribution in [0.15, 0.2) is 65.8 Å². The highest BCUT2D eigenvalue weighted by Gasteiger charge is 2.15. The zero-order chi connectivity index (χ0) is 19.8. The predicted octanol–water partition coefficient (Wildman–Crippen LogP) is 4.69. The number of hydrogen-bond acceptors (Lipinski definition) is 3. The number of nitrogens with one attached hydrogen (secondary N) is 1. The first-order valence-corrected chi connectivity index (χ1v) is 10.2. The summed E-state index contributed by atoms with van der Waals surface area (Å²) < 4.78 is 1.69. The molecular formula is C23H21ClN4O. The minimum atomic E-state index is -0.0412. The van der Waals surface area contributed by atoms with Crippen LogP contribution >= 0.6 is 11.6 Å². The third kappa shape index (κ3) is 3.54. The summed E-state index contributed by atoms with van der Waals surface area (Å²) >= 11 is 6.06. The molecule has 0 saturated carbocycles. The Bertz CT molecular complexity index is 1240. The number of aromatic nitrogens is 3. The molecule has 146 valence electrons. The maximum Gasteiger partial charge on any atom is 0.251 e. The van der Waals surface area contributed by atoms with E-state index in [1.54, 1.807) is 10.6 Å². The van der Waals surface area contributed by atoms with E-state index in [9.17, 15) is 4.79 Å². The maximum absolute atomic E-state index is 12.7. The van der Waals surface area contributed by atoms with Crippen LogP contribution in [0.25, 0.3) is 22.2 Å². The number of hydrogen-bond donors (Lipinski definition) is 1. The maximum atomic E-state index is 12.7. The highest BCUT2D eigenvalue weighted by molar-refractivity contribution is 6.30. The van der Waals surface area contributed by atoms with Gasteiger partial charge in [-0.3, -0.25) is 4.79 Å². The van der Waals surface area contributed by atoms with Crippen molar-refractivity contribution >= 4 is 28.3 Å². The lowest BCUT2D eigenvalue weighted by atomic mass is 10.1. The molecule has 1 aliphatic rings. The molecule has 1 saturated heterocycles. The monoisotopic (exact) mass is 404 g/mol. The lowest BCUT2D eigenvalue weighted by Crippen LogP contribution is -2.19. The molecule has 0 aliphatic carbocycles. The summed E-state index contributed by atoms with van der Waals surface area (Å²) in [6.07, 6.45) is 8.15. The molecule has 1 fully saturated rings. The standard InChI is InChI=1S/C23H21ClN4O/c24-18-5-3-4-16(10-18)15-28-9-6-17(11-22(28)29)21-14-26-23-20(21)12-19(13-25-23)27-7-1-2-8-27/h3-6,9-14H,1-2,7-8,15H2,(H,25,26). The molecule has 0 amide bonds. The minimum absolute atomic E-state index is 0.0412. The molecule has 1 aliphatic heterocycles. The van der Waals surface area contributed by atoms with Gasteiger partial charge in [0.25, 0.3) is 5.56 Å². The van der Waals surface area contributed by atoms with Crippen LogP contribution in [-0.2, 0) is 6.54 Å². The molecule has 5 rings (SSSR count). The normalized spacial score (nSPS) is 14.0. The number of nitrogens with zero attached hydrogens (tertiary/aromatic N) is 3. The van der Waals surface area contributed by atoms with Crippen LogP contribution in [0.4, 0.5) is 5.69 Å². The van der Waals surface area contributed by atoms with Crippen LogP contribution in [0.5, 0.6) is 0 Å². The van der Waals surface area contributed by atoms with Crippen molar-refractivity contribution in [3.05, 3.63) is 82.0 Å². The average Bonchev–Trinajstić information content (AvgIpc) is 3.39. The lowest BCUT2D eigenvalue weighted by Gasteiger charge is -2.17. The Hall–Kier alpha value is -3.05. The van der Waals surface area contributed by atoms with Gasteiger partial charge < -0.3 is 14.5 Å². The highest BCUT2D eigenvalue weighted by Crippen LogP contribution is 2.30. The summed E-state index contributed by atoms with van der Waals surface area (Å²) in [7, 11) is 0. The fraction of sp³-hybridized carbons (Fsp3) is 0.217. The predicted molar refractivity (Wildman–Crippen MR) is 118 cm³/mol. The zero-order valence-corrected chi connectivity index (χ0v) is 16.7. The van der Waals surface area contributed by atoms with Gasteiger partial charge in [-0.05, 0) is 48.2 Å². The van der Waals surface area contributed by atoms with Crippen LogP contribution in [0, 0.1) is 0 Å². The average molecular weight is 405 g/mol. The van der Waals surface area contributed by atoms with Crippen LogP contribution in [0.3, 0.4) is 0 Å². The van der Waals surface area contributed by atoms with Crippen molar-refractivity contribution in [1.82, 2.24) is 14.5 Å². The molecule has 29 heavy (non-hydrogen) atoms. The first-order valence-electron chi connectivity index (χ1n) is 9.85. The van der Waals surface area contributed by atoms with Gasteiger partial charge in [0.05, 0.1) is 18.4 Å². The number of H-pyrrole nitrogens is 1. The van der Waals surface area contributed by atoms with E-state index in [0.29, 0.717) is 11.6 Å². The van der Waals surface area contributed by atoms with E-state index in [2.05, 4.69) is 20.9 Å².